The summed E-state index contributed by atoms with van der Waals surface area (Å²) >= 11 is 1.51. The molecule has 3 nitrogen and oxygen atoms in total. The number of benzene rings is 1. The van der Waals surface area contributed by atoms with E-state index in [2.05, 4.69) is 15.8 Å². The van der Waals surface area contributed by atoms with E-state index >= 15 is 0 Å². The van der Waals surface area contributed by atoms with E-state index in [-0.39, 0.29) is 0 Å². The molecule has 1 aromatic heterocycles. The molecule has 0 spiro atoms. The Morgan fingerprint density at radius 2 is 2.50 bits per heavy atom. The van der Waals surface area contributed by atoms with Crippen LogP contribution in [0.3, 0.4) is 0 Å². The summed E-state index contributed by atoms with van der Waals surface area (Å²) in [7, 11) is 0. The summed E-state index contributed by atoms with van der Waals surface area (Å²) in [6.45, 7) is 3.02. The maximum Gasteiger partial charge on any atom is 0.138 e. The summed E-state index contributed by atoms with van der Waals surface area (Å²) in [5.41, 5.74) is 0. The third-order valence-electron chi connectivity index (χ3n) is 2.98. The molecule has 1 aliphatic heterocycles. The number of nitrogens with zero attached hydrogens (tertiary/aromatic N) is 1. The van der Waals surface area contributed by atoms with Crippen LogP contribution in [0.25, 0.3) is 10.1 Å². The molecule has 0 saturated carbocycles. The normalized spacial score (nSPS) is 20.4. The Labute approximate surface area is 98.6 Å². The second kappa shape index (κ2) is 4.39. The van der Waals surface area contributed by atoms with Crippen molar-refractivity contribution in [2.45, 2.75) is 6.42 Å². The fraction of sp³-hybridized carbons (Fsp3) is 0.417. The number of hydrogen-bond acceptors (Lipinski definition) is 4. The number of rotatable bonds is 3. The van der Waals surface area contributed by atoms with Gasteiger partial charge in [0.1, 0.15) is 5.75 Å². The van der Waals surface area contributed by atoms with Crippen molar-refractivity contribution in [3.8, 4) is 5.75 Å². The van der Waals surface area contributed by atoms with E-state index in [1.54, 1.807) is 0 Å². The smallest absolute Gasteiger partial charge is 0.138 e. The van der Waals surface area contributed by atoms with E-state index in [1.807, 2.05) is 18.3 Å². The molecule has 84 valence electrons. The molecule has 1 atom stereocenters. The predicted molar refractivity (Wildman–Crippen MR) is 66.1 cm³/mol. The zero-order valence-electron chi connectivity index (χ0n) is 8.98. The van der Waals surface area contributed by atoms with Gasteiger partial charge in [0.25, 0.3) is 0 Å². The summed E-state index contributed by atoms with van der Waals surface area (Å²) in [5.74, 6) is 1.63. The molecular weight excluding hydrogens is 220 g/mol. The lowest BCUT2D eigenvalue weighted by Gasteiger charge is -2.11. The lowest BCUT2D eigenvalue weighted by Crippen LogP contribution is -2.15. The summed E-state index contributed by atoms with van der Waals surface area (Å²) in [4.78, 5) is 0. The summed E-state index contributed by atoms with van der Waals surface area (Å²) in [6.07, 6.45) is 3.11. The summed E-state index contributed by atoms with van der Waals surface area (Å²) in [6, 6.07) is 6.13. The van der Waals surface area contributed by atoms with Crippen molar-refractivity contribution < 1.29 is 4.74 Å². The molecule has 4 heteroatoms. The molecule has 1 N–H and O–H groups in total. The largest absolute Gasteiger partial charge is 0.492 e. The lowest BCUT2D eigenvalue weighted by molar-refractivity contribution is 0.263. The molecule has 1 saturated heterocycles. The molecule has 0 radical (unpaired) electrons. The lowest BCUT2D eigenvalue weighted by atomic mass is 10.1. The van der Waals surface area contributed by atoms with E-state index in [4.69, 9.17) is 4.74 Å². The van der Waals surface area contributed by atoms with Gasteiger partial charge in [-0.2, -0.15) is 4.37 Å². The highest BCUT2D eigenvalue weighted by Gasteiger charge is 2.15. The van der Waals surface area contributed by atoms with Crippen molar-refractivity contribution >= 4 is 21.6 Å². The van der Waals surface area contributed by atoms with Gasteiger partial charge < -0.3 is 10.1 Å². The highest BCUT2D eigenvalue weighted by Crippen LogP contribution is 2.29. The van der Waals surface area contributed by atoms with Crippen molar-refractivity contribution in [1.82, 2.24) is 9.69 Å². The maximum atomic E-state index is 5.89. The molecule has 2 aromatic rings. The number of aromatic nitrogens is 1. The third-order valence-corrected chi connectivity index (χ3v) is 3.81. The van der Waals surface area contributed by atoms with Crippen molar-refractivity contribution in [3.63, 3.8) is 0 Å². The van der Waals surface area contributed by atoms with Gasteiger partial charge in [0, 0.05) is 24.0 Å². The zero-order valence-corrected chi connectivity index (χ0v) is 9.80. The van der Waals surface area contributed by atoms with Crippen LogP contribution < -0.4 is 10.1 Å². The van der Waals surface area contributed by atoms with Crippen molar-refractivity contribution in [3.05, 3.63) is 24.4 Å². The minimum atomic E-state index is 0.656. The zero-order chi connectivity index (χ0) is 10.8. The van der Waals surface area contributed by atoms with Gasteiger partial charge in [0.2, 0.25) is 0 Å². The first-order valence-corrected chi connectivity index (χ1v) is 6.38. The van der Waals surface area contributed by atoms with Gasteiger partial charge in [0.05, 0.1) is 11.3 Å². The quantitative estimate of drug-likeness (QED) is 0.884. The Kier molecular flexibility index (Phi) is 2.76. The van der Waals surface area contributed by atoms with Gasteiger partial charge in [0.15, 0.2) is 0 Å². The maximum absolute atomic E-state index is 5.89. The van der Waals surface area contributed by atoms with Crippen LogP contribution in [0.2, 0.25) is 0 Å². The molecule has 2 heterocycles. The van der Waals surface area contributed by atoms with Crippen LogP contribution in [-0.2, 0) is 0 Å². The Balaban J connectivity index is 1.75. The molecule has 1 aliphatic rings. The minimum absolute atomic E-state index is 0.656. The van der Waals surface area contributed by atoms with Crippen LogP contribution in [0.5, 0.6) is 5.75 Å². The van der Waals surface area contributed by atoms with Crippen LogP contribution in [0.1, 0.15) is 6.42 Å². The van der Waals surface area contributed by atoms with Crippen LogP contribution in [-0.4, -0.2) is 24.1 Å². The molecular formula is C12H14N2OS. The molecule has 3 rings (SSSR count). The predicted octanol–water partition coefficient (Wildman–Crippen LogP) is 2.28. The summed E-state index contributed by atoms with van der Waals surface area (Å²) in [5, 5.41) is 4.52. The number of fused-ring (bicyclic) bond motifs is 1. The molecule has 1 aromatic carbocycles. The highest BCUT2D eigenvalue weighted by atomic mass is 32.1. The number of hydrogen-bond donors (Lipinski definition) is 1. The molecule has 0 bridgehead atoms. The number of nitrogens with one attached hydrogen (secondary N) is 1. The van der Waals surface area contributed by atoms with Gasteiger partial charge in [-0.05, 0) is 30.6 Å². The topological polar surface area (TPSA) is 34.1 Å². The van der Waals surface area contributed by atoms with E-state index in [9.17, 15) is 0 Å². The van der Waals surface area contributed by atoms with Gasteiger partial charge in [-0.15, -0.1) is 0 Å². The molecule has 1 unspecified atom stereocenters. The van der Waals surface area contributed by atoms with E-state index in [0.29, 0.717) is 5.92 Å². The SMILES string of the molecule is c1cc(OCC2CCNC2)c2sncc2c1. The first-order chi connectivity index (χ1) is 7.93. The third kappa shape index (κ3) is 1.90. The second-order valence-corrected chi connectivity index (χ2v) is 4.97. The molecule has 1 fully saturated rings. The summed E-state index contributed by atoms with van der Waals surface area (Å²) < 4.78 is 11.2. The molecule has 0 amide bonds. The van der Waals surface area contributed by atoms with Crippen molar-refractivity contribution in [2.75, 3.05) is 19.7 Å². The number of ether oxygens (including phenoxy) is 1. The van der Waals surface area contributed by atoms with Gasteiger partial charge in [-0.1, -0.05) is 12.1 Å². The van der Waals surface area contributed by atoms with Crippen LogP contribution in [0, 0.1) is 5.92 Å². The van der Waals surface area contributed by atoms with Crippen LogP contribution >= 0.6 is 11.5 Å². The Bertz CT molecular complexity index is 477. The van der Waals surface area contributed by atoms with Gasteiger partial charge >= 0.3 is 0 Å². The first kappa shape index (κ1) is 10.1. The van der Waals surface area contributed by atoms with Crippen LogP contribution in [0.15, 0.2) is 24.4 Å². The van der Waals surface area contributed by atoms with Crippen molar-refractivity contribution in [1.29, 1.82) is 0 Å². The Hall–Kier alpha value is -1.13. The fourth-order valence-corrected chi connectivity index (χ4v) is 2.76. The average molecular weight is 234 g/mol. The van der Waals surface area contributed by atoms with Gasteiger partial charge in [-0.3, -0.25) is 0 Å². The van der Waals surface area contributed by atoms with Crippen molar-refractivity contribution in [2.24, 2.45) is 5.92 Å². The van der Waals surface area contributed by atoms with E-state index in [1.165, 1.54) is 23.3 Å². The average Bonchev–Trinajstić information content (AvgIpc) is 2.97. The monoisotopic (exact) mass is 234 g/mol. The first-order valence-electron chi connectivity index (χ1n) is 5.60. The molecule has 16 heavy (non-hydrogen) atoms. The van der Waals surface area contributed by atoms with E-state index < -0.39 is 0 Å². The second-order valence-electron chi connectivity index (χ2n) is 4.17. The standard InChI is InChI=1S/C12H14N2OS/c1-2-10-7-14-16-12(10)11(3-1)15-8-9-4-5-13-6-9/h1-3,7,9,13H,4-6,8H2. The highest BCUT2D eigenvalue weighted by molar-refractivity contribution is 7.13. The minimum Gasteiger partial charge on any atom is -0.492 e. The van der Waals surface area contributed by atoms with Gasteiger partial charge in [-0.25, -0.2) is 0 Å². The Morgan fingerprint density at radius 1 is 1.50 bits per heavy atom. The molecule has 0 aliphatic carbocycles. The van der Waals surface area contributed by atoms with E-state index in [0.717, 1.165) is 30.1 Å². The van der Waals surface area contributed by atoms with Crippen LogP contribution in [0.4, 0.5) is 0 Å². The fourth-order valence-electron chi connectivity index (χ4n) is 2.05. The Morgan fingerprint density at radius 3 is 3.38 bits per heavy atom.